The molecule has 0 radical (unpaired) electrons. The Morgan fingerprint density at radius 2 is 1.73 bits per heavy atom. The fourth-order valence-corrected chi connectivity index (χ4v) is 4.60. The molecule has 1 saturated heterocycles. The Morgan fingerprint density at radius 3 is 2.43 bits per heavy atom. The largest absolute Gasteiger partial charge is 0.342 e. The van der Waals surface area contributed by atoms with Crippen molar-refractivity contribution in [2.45, 2.75) is 25.3 Å². The SMILES string of the molecule is CC(=O)N1C=Cc2ccccc2C1CC(=O)N1C[C@@H](CN)[C@H](c2ccccc2)C1.Cl. The van der Waals surface area contributed by atoms with Crippen molar-refractivity contribution in [1.82, 2.24) is 9.80 Å². The Bertz CT molecular complexity index is 931. The number of amides is 2. The highest BCUT2D eigenvalue weighted by Gasteiger charge is 2.37. The molecule has 158 valence electrons. The average molecular weight is 426 g/mol. The first-order valence-electron chi connectivity index (χ1n) is 10.2. The first-order valence-corrected chi connectivity index (χ1v) is 10.2. The maximum absolute atomic E-state index is 13.3. The van der Waals surface area contributed by atoms with Crippen molar-refractivity contribution in [2.24, 2.45) is 11.7 Å². The number of fused-ring (bicyclic) bond motifs is 1. The van der Waals surface area contributed by atoms with Crippen molar-refractivity contribution >= 4 is 30.3 Å². The van der Waals surface area contributed by atoms with Crippen LogP contribution in [0.5, 0.6) is 0 Å². The van der Waals surface area contributed by atoms with Gasteiger partial charge < -0.3 is 15.5 Å². The summed E-state index contributed by atoms with van der Waals surface area (Å²) in [5, 5.41) is 0. The summed E-state index contributed by atoms with van der Waals surface area (Å²) >= 11 is 0. The first kappa shape index (κ1) is 22.1. The lowest BCUT2D eigenvalue weighted by atomic mass is 9.89. The van der Waals surface area contributed by atoms with E-state index in [1.165, 1.54) is 5.56 Å². The van der Waals surface area contributed by atoms with Crippen LogP contribution in [0.4, 0.5) is 0 Å². The van der Waals surface area contributed by atoms with Gasteiger partial charge in [0.15, 0.2) is 0 Å². The Labute approximate surface area is 184 Å². The van der Waals surface area contributed by atoms with Crippen molar-refractivity contribution in [3.63, 3.8) is 0 Å². The van der Waals surface area contributed by atoms with Gasteiger partial charge in [-0.2, -0.15) is 0 Å². The molecule has 1 fully saturated rings. The fraction of sp³-hybridized carbons (Fsp3) is 0.333. The summed E-state index contributed by atoms with van der Waals surface area (Å²) in [4.78, 5) is 29.0. The van der Waals surface area contributed by atoms with E-state index in [9.17, 15) is 9.59 Å². The average Bonchev–Trinajstić information content (AvgIpc) is 3.19. The van der Waals surface area contributed by atoms with Crippen LogP contribution in [0.25, 0.3) is 6.08 Å². The van der Waals surface area contributed by atoms with E-state index < -0.39 is 0 Å². The molecule has 2 heterocycles. The van der Waals surface area contributed by atoms with E-state index in [1.54, 1.807) is 18.0 Å². The number of hydrogen-bond donors (Lipinski definition) is 1. The third kappa shape index (κ3) is 4.27. The van der Waals surface area contributed by atoms with Gasteiger partial charge in [0.25, 0.3) is 0 Å². The quantitative estimate of drug-likeness (QED) is 0.814. The van der Waals surface area contributed by atoms with Crippen molar-refractivity contribution in [2.75, 3.05) is 19.6 Å². The number of carbonyl (C=O) groups is 2. The molecule has 2 aromatic carbocycles. The molecule has 0 aromatic heterocycles. The number of halogens is 1. The first-order chi connectivity index (χ1) is 14.1. The molecule has 2 amide bonds. The van der Waals surface area contributed by atoms with Crippen LogP contribution in [-0.4, -0.2) is 41.2 Å². The molecule has 0 bridgehead atoms. The van der Waals surface area contributed by atoms with Crippen molar-refractivity contribution in [3.8, 4) is 0 Å². The van der Waals surface area contributed by atoms with Crippen LogP contribution in [0.3, 0.4) is 0 Å². The maximum Gasteiger partial charge on any atom is 0.225 e. The molecule has 2 aromatic rings. The topological polar surface area (TPSA) is 66.6 Å². The summed E-state index contributed by atoms with van der Waals surface area (Å²) in [6.45, 7) is 3.44. The molecule has 2 aliphatic heterocycles. The zero-order valence-electron chi connectivity index (χ0n) is 17.1. The zero-order valence-corrected chi connectivity index (χ0v) is 17.9. The molecule has 0 saturated carbocycles. The number of carbonyl (C=O) groups excluding carboxylic acids is 2. The molecule has 4 rings (SSSR count). The fourth-order valence-electron chi connectivity index (χ4n) is 4.60. The number of benzene rings is 2. The van der Waals surface area contributed by atoms with Crippen LogP contribution >= 0.6 is 12.4 Å². The zero-order chi connectivity index (χ0) is 20.4. The number of nitrogens with two attached hydrogens (primary N) is 1. The van der Waals surface area contributed by atoms with Gasteiger partial charge in [0.2, 0.25) is 11.8 Å². The molecule has 2 aliphatic rings. The van der Waals surface area contributed by atoms with Crippen LogP contribution in [0.2, 0.25) is 0 Å². The van der Waals surface area contributed by atoms with Gasteiger partial charge in [-0.25, -0.2) is 0 Å². The van der Waals surface area contributed by atoms with E-state index in [0.29, 0.717) is 19.6 Å². The van der Waals surface area contributed by atoms with E-state index >= 15 is 0 Å². The molecule has 3 atom stereocenters. The van der Waals surface area contributed by atoms with Crippen LogP contribution < -0.4 is 5.73 Å². The van der Waals surface area contributed by atoms with Gasteiger partial charge in [-0.15, -0.1) is 12.4 Å². The lowest BCUT2D eigenvalue weighted by molar-refractivity contribution is -0.134. The highest BCUT2D eigenvalue weighted by atomic mass is 35.5. The minimum Gasteiger partial charge on any atom is -0.342 e. The second kappa shape index (κ2) is 9.45. The smallest absolute Gasteiger partial charge is 0.225 e. The standard InChI is InChI=1S/C24H27N3O2.ClH/c1-17(28)27-12-11-19-9-5-6-10-21(19)23(27)13-24(29)26-15-20(14-25)22(16-26)18-7-3-2-4-8-18;/h2-12,20,22-23H,13-16,25H2,1H3;1H/t20-,22+,23?;/m1./s1. The molecular formula is C24H28ClN3O2. The van der Waals surface area contributed by atoms with E-state index in [0.717, 1.165) is 11.1 Å². The maximum atomic E-state index is 13.3. The molecule has 5 nitrogen and oxygen atoms in total. The summed E-state index contributed by atoms with van der Waals surface area (Å²) in [5.41, 5.74) is 9.35. The third-order valence-electron chi connectivity index (χ3n) is 6.16. The van der Waals surface area contributed by atoms with E-state index in [2.05, 4.69) is 12.1 Å². The van der Waals surface area contributed by atoms with Crippen LogP contribution in [0, 0.1) is 5.92 Å². The Balaban J connectivity index is 0.00000256. The lowest BCUT2D eigenvalue weighted by Crippen LogP contribution is -2.37. The molecule has 2 N–H and O–H groups in total. The number of nitrogens with zero attached hydrogens (tertiary/aromatic N) is 2. The Hall–Kier alpha value is -2.63. The Kier molecular flexibility index (Phi) is 6.95. The van der Waals surface area contributed by atoms with Gasteiger partial charge in [0.1, 0.15) is 0 Å². The second-order valence-corrected chi connectivity index (χ2v) is 7.90. The predicted molar refractivity (Wildman–Crippen MR) is 121 cm³/mol. The normalized spacial score (nSPS) is 22.4. The Morgan fingerprint density at radius 1 is 1.03 bits per heavy atom. The molecule has 1 unspecified atom stereocenters. The van der Waals surface area contributed by atoms with Gasteiger partial charge in [0.05, 0.1) is 12.5 Å². The van der Waals surface area contributed by atoms with Crippen molar-refractivity contribution in [1.29, 1.82) is 0 Å². The monoisotopic (exact) mass is 425 g/mol. The highest BCUT2D eigenvalue weighted by molar-refractivity contribution is 5.85. The van der Waals surface area contributed by atoms with Gasteiger partial charge in [-0.05, 0) is 35.2 Å². The van der Waals surface area contributed by atoms with E-state index in [4.69, 9.17) is 5.73 Å². The minimum atomic E-state index is -0.270. The van der Waals surface area contributed by atoms with Crippen molar-refractivity contribution < 1.29 is 9.59 Å². The number of rotatable bonds is 4. The summed E-state index contributed by atoms with van der Waals surface area (Å²) in [5.74, 6) is 0.525. The van der Waals surface area contributed by atoms with E-state index in [1.807, 2.05) is 53.4 Å². The van der Waals surface area contributed by atoms with Gasteiger partial charge in [-0.3, -0.25) is 9.59 Å². The number of hydrogen-bond acceptors (Lipinski definition) is 3. The molecule has 30 heavy (non-hydrogen) atoms. The second-order valence-electron chi connectivity index (χ2n) is 7.90. The van der Waals surface area contributed by atoms with Crippen LogP contribution in [-0.2, 0) is 9.59 Å². The minimum absolute atomic E-state index is 0. The van der Waals surface area contributed by atoms with Crippen LogP contribution in [0.1, 0.15) is 42.0 Å². The van der Waals surface area contributed by atoms with E-state index in [-0.39, 0.29) is 48.5 Å². The summed E-state index contributed by atoms with van der Waals surface area (Å²) in [6, 6.07) is 18.0. The summed E-state index contributed by atoms with van der Waals surface area (Å²) in [7, 11) is 0. The van der Waals surface area contributed by atoms with Gasteiger partial charge in [0, 0.05) is 32.1 Å². The molecule has 0 spiro atoms. The predicted octanol–water partition coefficient (Wildman–Crippen LogP) is 3.57. The number of likely N-dealkylation sites (tertiary alicyclic amines) is 1. The van der Waals surface area contributed by atoms with Crippen molar-refractivity contribution in [3.05, 3.63) is 77.5 Å². The lowest BCUT2D eigenvalue weighted by Gasteiger charge is -2.33. The van der Waals surface area contributed by atoms with Gasteiger partial charge >= 0.3 is 0 Å². The van der Waals surface area contributed by atoms with Crippen LogP contribution in [0.15, 0.2) is 60.8 Å². The highest BCUT2D eigenvalue weighted by Crippen LogP contribution is 2.36. The summed E-state index contributed by atoms with van der Waals surface area (Å²) < 4.78 is 0. The molecule has 0 aliphatic carbocycles. The third-order valence-corrected chi connectivity index (χ3v) is 6.16. The molecular weight excluding hydrogens is 398 g/mol. The van der Waals surface area contributed by atoms with Gasteiger partial charge in [-0.1, -0.05) is 54.6 Å². The molecule has 6 heteroatoms. The summed E-state index contributed by atoms with van der Waals surface area (Å²) in [6.07, 6.45) is 4.01.